The molecule has 64 heavy (non-hydrogen) atoms. The normalized spacial score (nSPS) is 29.8. The maximum absolute atomic E-state index is 13.8. The second-order valence-corrected chi connectivity index (χ2v) is 22.0. The molecule has 6 unspecified atom stereocenters. The van der Waals surface area contributed by atoms with Gasteiger partial charge in [-0.15, -0.1) is 12.8 Å². The molecule has 2 fully saturated rings. The summed E-state index contributed by atoms with van der Waals surface area (Å²) in [7, 11) is -34.1. The maximum atomic E-state index is 13.8. The summed E-state index contributed by atoms with van der Waals surface area (Å²) in [5.41, 5.74) is 0.430. The summed E-state index contributed by atoms with van der Waals surface area (Å²) in [6.45, 7) is -2.57. The van der Waals surface area contributed by atoms with Crippen LogP contribution >= 0.6 is 83.6 Å². The van der Waals surface area contributed by atoms with Crippen molar-refractivity contribution >= 4 is 89.4 Å². The lowest BCUT2D eigenvalue weighted by Gasteiger charge is -2.27. The highest BCUT2D eigenvalue weighted by atomic mass is 32.1. The number of nitrogens with two attached hydrogens (primary N) is 1. The number of aromatic amines is 1. The van der Waals surface area contributed by atoms with Crippen molar-refractivity contribution < 1.29 is 132 Å². The minimum Gasteiger partial charge on any atom is -0.386 e. The fraction of sp³-hybridized carbons (Fsp3) is 0.455. The van der Waals surface area contributed by atoms with Gasteiger partial charge in [0.1, 0.15) is 42.3 Å². The van der Waals surface area contributed by atoms with Gasteiger partial charge in [-0.3, -0.25) is 18.2 Å². The van der Waals surface area contributed by atoms with Crippen molar-refractivity contribution in [3.05, 3.63) is 38.2 Å². The van der Waals surface area contributed by atoms with Crippen molar-refractivity contribution in [2.24, 2.45) is 0 Å². The Hall–Kier alpha value is -1.82. The van der Waals surface area contributed by atoms with E-state index in [1.54, 1.807) is 0 Å². The number of halogens is 2. The summed E-state index contributed by atoms with van der Waals surface area (Å²) in [5, 5.41) is 41.2. The molecule has 2 aromatic rings. The van der Waals surface area contributed by atoms with Crippen LogP contribution in [0.2, 0.25) is 0 Å². The quantitative estimate of drug-likeness (QED) is 0.0582. The molecule has 2 aromatic heterocycles. The van der Waals surface area contributed by atoms with Crippen molar-refractivity contribution in [2.75, 3.05) is 18.9 Å². The zero-order valence-corrected chi connectivity index (χ0v) is 38.2. The van der Waals surface area contributed by atoms with Crippen molar-refractivity contribution in [3.63, 3.8) is 0 Å². The van der Waals surface area contributed by atoms with Gasteiger partial charge in [0, 0.05) is 12.4 Å². The highest BCUT2D eigenvalue weighted by molar-refractivity contribution is 7.72. The first kappa shape index (κ1) is 56.5. The van der Waals surface area contributed by atoms with Gasteiger partial charge in [-0.05, 0) is 24.4 Å². The van der Waals surface area contributed by atoms with Gasteiger partial charge < -0.3 is 79.8 Å². The van der Waals surface area contributed by atoms with Crippen molar-refractivity contribution in [1.29, 1.82) is 0 Å². The first-order chi connectivity index (χ1) is 28.8. The summed E-state index contributed by atoms with van der Waals surface area (Å²) in [5.74, 6) is 1.10. The molecular formula is C22H29F2N5O26P6S3. The Morgan fingerprint density at radius 3 is 1.45 bits per heavy atom. The van der Waals surface area contributed by atoms with Crippen LogP contribution in [-0.2, 0) is 63.2 Å². The highest BCUT2D eigenvalue weighted by Gasteiger charge is 2.57. The molecule has 0 amide bonds. The number of phosphoric acid groups is 6. The number of rotatable bonds is 16. The Kier molecular flexibility index (Phi) is 18.0. The number of hydrogen-bond donors (Lipinski definition) is 14. The molecule has 0 aliphatic carbocycles. The third-order valence-electron chi connectivity index (χ3n) is 7.46. The van der Waals surface area contributed by atoms with Gasteiger partial charge >= 0.3 is 46.9 Å². The molecule has 12 atom stereocenters. The Balaban J connectivity index is 0.000000340. The van der Waals surface area contributed by atoms with Crippen LogP contribution in [-0.4, -0.2) is 128 Å². The van der Waals surface area contributed by atoms with E-state index in [1.165, 1.54) is 0 Å². The molecule has 42 heteroatoms. The van der Waals surface area contributed by atoms with Gasteiger partial charge in [-0.25, -0.2) is 36.2 Å². The molecule has 2 aliphatic rings. The smallest absolute Gasteiger partial charge is 0.386 e. The average Bonchev–Trinajstić information content (AvgIpc) is 3.51. The molecule has 0 saturated carbocycles. The lowest BCUT2D eigenvalue weighted by atomic mass is 9.97. The monoisotopic (exact) mass is 1100 g/mol. The molecule has 0 aromatic carbocycles. The van der Waals surface area contributed by atoms with Crippen LogP contribution in [0.15, 0.2) is 12.4 Å². The number of hydrogen-bond acceptors (Lipinski definition) is 23. The fourth-order valence-electron chi connectivity index (χ4n) is 4.83. The SMILES string of the molecule is C#C[C@]1(COP(=O)(O)OP(=O)(O)OP(=O)(O)O)O[C@@H](n2cc(F)c(=S)[nH]c2=S)C(O)[C@H]1O.C#C[C@]1(COP(=O)(O)OP(=O)(O)OP(=O)(O)O)O[C@@H](n2cc(F)c(N)nc2=S)C(O)[C@H]1O. The number of aliphatic hydroxyl groups excluding tert-OH is 4. The molecule has 0 spiro atoms. The van der Waals surface area contributed by atoms with E-state index in [2.05, 4.69) is 48.5 Å². The third-order valence-corrected chi connectivity index (χ3v) is 15.9. The number of phosphoric ester groups is 2. The zero-order chi connectivity index (χ0) is 49.4. The predicted octanol–water partition coefficient (Wildman–Crippen LogP) is -0.320. The number of nitrogens with zero attached hydrogens (tertiary/aromatic N) is 3. The Labute approximate surface area is 368 Å². The minimum atomic E-state index is -5.82. The van der Waals surface area contributed by atoms with Crippen LogP contribution in [0.3, 0.4) is 0 Å². The Morgan fingerprint density at radius 1 is 0.703 bits per heavy atom. The summed E-state index contributed by atoms with van der Waals surface area (Å²) < 4.78 is 129. The van der Waals surface area contributed by atoms with Crippen molar-refractivity contribution in [2.45, 2.75) is 48.1 Å². The second kappa shape index (κ2) is 20.4. The van der Waals surface area contributed by atoms with Gasteiger partial charge in [-0.2, -0.15) is 22.2 Å². The van der Waals surface area contributed by atoms with E-state index in [0.29, 0.717) is 6.20 Å². The molecule has 15 N–H and O–H groups in total. The summed E-state index contributed by atoms with van der Waals surface area (Å²) >= 11 is 14.5. The van der Waals surface area contributed by atoms with Gasteiger partial charge in [0.2, 0.25) is 4.77 Å². The molecule has 2 aliphatic heterocycles. The molecule has 0 bridgehead atoms. The van der Waals surface area contributed by atoms with Crippen LogP contribution in [0.4, 0.5) is 14.6 Å². The first-order valence-electron chi connectivity index (χ1n) is 15.5. The largest absolute Gasteiger partial charge is 0.490 e. The highest BCUT2D eigenvalue weighted by Crippen LogP contribution is 2.67. The number of nitrogen functional groups attached to an aromatic ring is 1. The third kappa shape index (κ3) is 14.6. The number of aliphatic hydroxyl groups is 4. The number of ether oxygens (including phenoxy) is 2. The van der Waals surface area contributed by atoms with Crippen molar-refractivity contribution in [3.8, 4) is 24.7 Å². The topological polar surface area (TPSA) is 484 Å². The van der Waals surface area contributed by atoms with Crippen LogP contribution in [0, 0.1) is 50.5 Å². The van der Waals surface area contributed by atoms with E-state index in [-0.39, 0.29) is 9.41 Å². The molecule has 360 valence electrons. The van der Waals surface area contributed by atoms with Crippen LogP contribution in [0.1, 0.15) is 12.5 Å². The summed E-state index contributed by atoms with van der Waals surface area (Å²) in [4.78, 5) is 77.2. The van der Waals surface area contributed by atoms with Crippen LogP contribution in [0.5, 0.6) is 0 Å². The zero-order valence-electron chi connectivity index (χ0n) is 30.4. The number of H-pyrrole nitrogens is 1. The van der Waals surface area contributed by atoms with E-state index in [1.807, 2.05) is 11.8 Å². The number of anilines is 1. The molecule has 4 heterocycles. The van der Waals surface area contributed by atoms with Gasteiger partial charge in [0.25, 0.3) is 0 Å². The lowest BCUT2D eigenvalue weighted by Crippen LogP contribution is -2.45. The fourth-order valence-corrected chi connectivity index (χ4v) is 11.7. The number of nitrogens with one attached hydrogen (secondary N) is 1. The summed E-state index contributed by atoms with van der Waals surface area (Å²) in [6, 6.07) is 0. The Morgan fingerprint density at radius 2 is 1.08 bits per heavy atom. The first-order valence-corrected chi connectivity index (χ1v) is 25.8. The predicted molar refractivity (Wildman–Crippen MR) is 205 cm³/mol. The lowest BCUT2D eigenvalue weighted by molar-refractivity contribution is -0.0916. The standard InChI is InChI=1S/C11H15FN3O13P3S.C11H14FN2O13P3S2/c1-2-11(4-25-30(21,22)28-31(23,24)27-29(18,19)20)7(17)6(16)9(26-11)15-3-5(12)8(13)14-10(15)32;1-2-11(4-24-29(20,21)27-30(22,23)26-28(17,18)19)7(16)6(15)9(25-11)14-3-5(12)8(31)13-10(14)32/h1,3,6-7,9,16-17H,4H2,(H,21,22)(H,23,24)(H2,13,14,32)(H2,18,19,20);1,3,6-7,9,15-16H,4H2,(H,20,21)(H,22,23)(H,13,31,32)(H2,17,18,19)/t2*6?,7-,9-,11-/m11/s1. The second-order valence-electron chi connectivity index (χ2n) is 12.0. The number of aromatic nitrogens is 4. The Bertz CT molecular complexity index is 2690. The van der Waals surface area contributed by atoms with E-state index < -0.39 is 130 Å². The molecular weight excluding hydrogens is 1070 g/mol. The minimum absolute atomic E-state index is 0.256. The average molecular weight is 1100 g/mol. The van der Waals surface area contributed by atoms with E-state index in [4.69, 9.17) is 81.9 Å². The molecule has 4 rings (SSSR count). The van der Waals surface area contributed by atoms with Gasteiger partial charge in [0.15, 0.2) is 45.9 Å². The number of terminal acetylenes is 2. The molecule has 2 saturated heterocycles. The van der Waals surface area contributed by atoms with E-state index in [0.717, 1.165) is 15.3 Å². The van der Waals surface area contributed by atoms with Crippen LogP contribution < -0.4 is 5.73 Å². The molecule has 31 nitrogen and oxygen atoms in total. The van der Waals surface area contributed by atoms with E-state index >= 15 is 0 Å². The van der Waals surface area contributed by atoms with Crippen LogP contribution in [0.25, 0.3) is 0 Å². The van der Waals surface area contributed by atoms with E-state index in [9.17, 15) is 66.4 Å². The van der Waals surface area contributed by atoms with Gasteiger partial charge in [-0.1, -0.05) is 24.1 Å². The van der Waals surface area contributed by atoms with Gasteiger partial charge in [0.05, 0.1) is 0 Å². The summed E-state index contributed by atoms with van der Waals surface area (Å²) in [6.07, 6.45) is 0.707. The van der Waals surface area contributed by atoms with Crippen molar-refractivity contribution in [1.82, 2.24) is 19.1 Å². The molecule has 0 radical (unpaired) electrons. The maximum Gasteiger partial charge on any atom is 0.490 e.